The lowest BCUT2D eigenvalue weighted by Crippen LogP contribution is -2.47. The number of carbonyl (C=O) groups excluding carboxylic acids is 4. The topological polar surface area (TPSA) is 105 Å². The van der Waals surface area contributed by atoms with Crippen LogP contribution in [0.4, 0.5) is 0 Å². The summed E-state index contributed by atoms with van der Waals surface area (Å²) in [5.41, 5.74) is 0.390. The Morgan fingerprint density at radius 2 is 1.49 bits per heavy atom. The van der Waals surface area contributed by atoms with Crippen molar-refractivity contribution in [2.45, 2.75) is 44.6 Å². The number of likely N-dealkylation sites (tertiary alicyclic amines) is 2. The first-order valence-corrected chi connectivity index (χ1v) is 13.6. The van der Waals surface area contributed by atoms with Crippen molar-refractivity contribution < 1.29 is 28.7 Å². The highest BCUT2D eigenvalue weighted by atomic mass is 16.5. The predicted octanol–water partition coefficient (Wildman–Crippen LogP) is 3.05. The number of piperidine rings is 1. The Labute approximate surface area is 229 Å². The standard InChI is InChI=1S/C30H37N3O6/c1-38-29(37)25(31-28(36)23-9-4-2-5-10-23)21-27(35)33-19-16-30(22-33)14-17-32(18-15-30)26(34)13-8-20-39-24-11-6-3-7-12-24/h2-7,9-12,25H,8,13-22H2,1H3,(H,31,36). The van der Waals surface area contributed by atoms with Gasteiger partial charge in [-0.1, -0.05) is 36.4 Å². The average molecular weight is 536 g/mol. The molecule has 2 heterocycles. The van der Waals surface area contributed by atoms with E-state index in [0.717, 1.165) is 25.0 Å². The van der Waals surface area contributed by atoms with Crippen LogP contribution in [0.3, 0.4) is 0 Å². The van der Waals surface area contributed by atoms with Crippen LogP contribution >= 0.6 is 0 Å². The molecule has 2 fully saturated rings. The minimum Gasteiger partial charge on any atom is -0.494 e. The van der Waals surface area contributed by atoms with Gasteiger partial charge < -0.3 is 24.6 Å². The Hall–Kier alpha value is -3.88. The number of methoxy groups -OCH3 is 1. The third kappa shape index (κ3) is 7.59. The van der Waals surface area contributed by atoms with Crippen LogP contribution in [0.2, 0.25) is 0 Å². The van der Waals surface area contributed by atoms with E-state index in [9.17, 15) is 19.2 Å². The van der Waals surface area contributed by atoms with Crippen molar-refractivity contribution in [3.05, 3.63) is 66.2 Å². The number of nitrogens with zero attached hydrogens (tertiary/aromatic N) is 2. The summed E-state index contributed by atoms with van der Waals surface area (Å²) < 4.78 is 10.5. The molecule has 0 radical (unpaired) electrons. The lowest BCUT2D eigenvalue weighted by molar-refractivity contribution is -0.146. The van der Waals surface area contributed by atoms with Gasteiger partial charge in [-0.3, -0.25) is 14.4 Å². The Bertz CT molecular complexity index is 1130. The zero-order chi connectivity index (χ0) is 27.7. The second-order valence-corrected chi connectivity index (χ2v) is 10.3. The number of para-hydroxylation sites is 1. The summed E-state index contributed by atoms with van der Waals surface area (Å²) in [6.45, 7) is 3.06. The third-order valence-corrected chi connectivity index (χ3v) is 7.72. The first-order chi connectivity index (χ1) is 18.9. The maximum absolute atomic E-state index is 13.1. The molecule has 3 amide bonds. The van der Waals surface area contributed by atoms with E-state index in [1.165, 1.54) is 7.11 Å². The zero-order valence-electron chi connectivity index (χ0n) is 22.5. The van der Waals surface area contributed by atoms with Gasteiger partial charge >= 0.3 is 5.97 Å². The molecule has 0 bridgehead atoms. The molecule has 0 aromatic heterocycles. The lowest BCUT2D eigenvalue weighted by Gasteiger charge is -2.39. The van der Waals surface area contributed by atoms with Crippen LogP contribution < -0.4 is 10.1 Å². The minimum atomic E-state index is -1.06. The fraction of sp³-hybridized carbons (Fsp3) is 0.467. The average Bonchev–Trinajstić information content (AvgIpc) is 3.39. The van der Waals surface area contributed by atoms with E-state index < -0.39 is 17.9 Å². The third-order valence-electron chi connectivity index (χ3n) is 7.72. The molecule has 1 N–H and O–H groups in total. The van der Waals surface area contributed by atoms with Crippen LogP contribution in [0.1, 0.15) is 48.9 Å². The van der Waals surface area contributed by atoms with Gasteiger partial charge in [0.15, 0.2) is 0 Å². The van der Waals surface area contributed by atoms with Crippen LogP contribution in [0, 0.1) is 5.41 Å². The molecule has 4 rings (SSSR count). The molecule has 39 heavy (non-hydrogen) atoms. The highest BCUT2D eigenvalue weighted by Crippen LogP contribution is 2.40. The molecular formula is C30H37N3O6. The highest BCUT2D eigenvalue weighted by Gasteiger charge is 2.43. The van der Waals surface area contributed by atoms with E-state index in [-0.39, 0.29) is 23.7 Å². The van der Waals surface area contributed by atoms with Gasteiger partial charge in [0.2, 0.25) is 11.8 Å². The van der Waals surface area contributed by atoms with E-state index in [1.807, 2.05) is 35.2 Å². The van der Waals surface area contributed by atoms with Crippen LogP contribution in [0.25, 0.3) is 0 Å². The van der Waals surface area contributed by atoms with Crippen molar-refractivity contribution >= 4 is 23.7 Å². The van der Waals surface area contributed by atoms with Crippen molar-refractivity contribution in [2.24, 2.45) is 5.41 Å². The first-order valence-electron chi connectivity index (χ1n) is 13.6. The molecule has 1 atom stereocenters. The summed E-state index contributed by atoms with van der Waals surface area (Å²) in [7, 11) is 1.24. The molecule has 2 aliphatic heterocycles. The molecule has 1 spiro atoms. The summed E-state index contributed by atoms with van der Waals surface area (Å²) in [4.78, 5) is 54.5. The number of hydrogen-bond acceptors (Lipinski definition) is 6. The van der Waals surface area contributed by atoms with Crippen molar-refractivity contribution in [3.63, 3.8) is 0 Å². The molecule has 2 saturated heterocycles. The molecule has 0 aliphatic carbocycles. The van der Waals surface area contributed by atoms with Gasteiger partial charge in [-0.05, 0) is 55.4 Å². The largest absolute Gasteiger partial charge is 0.494 e. The number of ether oxygens (including phenoxy) is 2. The molecule has 9 heteroatoms. The minimum absolute atomic E-state index is 0.0170. The summed E-state index contributed by atoms with van der Waals surface area (Å²) in [6, 6.07) is 17.1. The normalized spacial score (nSPS) is 16.9. The molecule has 9 nitrogen and oxygen atoms in total. The van der Waals surface area contributed by atoms with Gasteiger partial charge in [0, 0.05) is 38.2 Å². The van der Waals surface area contributed by atoms with Crippen LogP contribution in [-0.2, 0) is 19.1 Å². The summed E-state index contributed by atoms with van der Waals surface area (Å²) in [5, 5.41) is 2.64. The Morgan fingerprint density at radius 3 is 2.13 bits per heavy atom. The second-order valence-electron chi connectivity index (χ2n) is 10.3. The highest BCUT2D eigenvalue weighted by molar-refractivity contribution is 5.97. The molecule has 0 saturated carbocycles. The van der Waals surface area contributed by atoms with E-state index in [0.29, 0.717) is 51.2 Å². The fourth-order valence-corrected chi connectivity index (χ4v) is 5.35. The van der Waals surface area contributed by atoms with Crippen molar-refractivity contribution in [1.82, 2.24) is 15.1 Å². The Morgan fingerprint density at radius 1 is 0.872 bits per heavy atom. The van der Waals surface area contributed by atoms with Crippen molar-refractivity contribution in [3.8, 4) is 5.75 Å². The summed E-state index contributed by atoms with van der Waals surface area (Å²) >= 11 is 0. The Kier molecular flexibility index (Phi) is 9.57. The van der Waals surface area contributed by atoms with E-state index in [2.05, 4.69) is 5.32 Å². The number of benzene rings is 2. The number of esters is 1. The number of nitrogens with one attached hydrogen (secondary N) is 1. The Balaban J connectivity index is 1.22. The number of carbonyl (C=O) groups is 4. The van der Waals surface area contributed by atoms with Gasteiger partial charge in [0.1, 0.15) is 11.8 Å². The number of amides is 3. The first kappa shape index (κ1) is 28.1. The molecular weight excluding hydrogens is 498 g/mol. The summed E-state index contributed by atoms with van der Waals surface area (Å²) in [6.07, 6.45) is 3.51. The fourth-order valence-electron chi connectivity index (χ4n) is 5.35. The van der Waals surface area contributed by atoms with Gasteiger partial charge in [0.05, 0.1) is 20.1 Å². The maximum Gasteiger partial charge on any atom is 0.328 e. The lowest BCUT2D eigenvalue weighted by atomic mass is 9.77. The van der Waals surface area contributed by atoms with Crippen LogP contribution in [0.5, 0.6) is 5.75 Å². The van der Waals surface area contributed by atoms with Crippen LogP contribution in [-0.4, -0.2) is 79.4 Å². The van der Waals surface area contributed by atoms with E-state index in [4.69, 9.17) is 9.47 Å². The second kappa shape index (κ2) is 13.3. The van der Waals surface area contributed by atoms with Crippen molar-refractivity contribution in [2.75, 3.05) is 39.9 Å². The van der Waals surface area contributed by atoms with E-state index in [1.54, 1.807) is 35.2 Å². The molecule has 208 valence electrons. The summed E-state index contributed by atoms with van der Waals surface area (Å²) in [5.74, 6) is -0.320. The quantitative estimate of drug-likeness (QED) is 0.370. The van der Waals surface area contributed by atoms with Crippen LogP contribution in [0.15, 0.2) is 60.7 Å². The van der Waals surface area contributed by atoms with Crippen molar-refractivity contribution in [1.29, 1.82) is 0 Å². The molecule has 1 unspecified atom stereocenters. The predicted molar refractivity (Wildman–Crippen MR) is 145 cm³/mol. The molecule has 2 aliphatic rings. The van der Waals surface area contributed by atoms with Gasteiger partial charge in [-0.2, -0.15) is 0 Å². The number of rotatable bonds is 10. The maximum atomic E-state index is 13.1. The van der Waals surface area contributed by atoms with Gasteiger partial charge in [0.25, 0.3) is 5.91 Å². The van der Waals surface area contributed by atoms with E-state index >= 15 is 0 Å². The number of hydrogen-bond donors (Lipinski definition) is 1. The zero-order valence-corrected chi connectivity index (χ0v) is 22.5. The molecule has 2 aromatic carbocycles. The molecule has 2 aromatic rings. The van der Waals surface area contributed by atoms with Gasteiger partial charge in [-0.25, -0.2) is 4.79 Å². The SMILES string of the molecule is COC(=O)C(CC(=O)N1CCC2(CCN(C(=O)CCCOc3ccccc3)CC2)C1)NC(=O)c1ccccc1. The smallest absolute Gasteiger partial charge is 0.328 e. The monoisotopic (exact) mass is 535 g/mol. The van der Waals surface area contributed by atoms with Gasteiger partial charge in [-0.15, -0.1) is 0 Å².